The van der Waals surface area contributed by atoms with E-state index in [-0.39, 0.29) is 12.4 Å². The first-order valence-electron chi connectivity index (χ1n) is 3.62. The summed E-state index contributed by atoms with van der Waals surface area (Å²) in [6, 6.07) is 0. The van der Waals surface area contributed by atoms with E-state index in [1.807, 2.05) is 0 Å². The van der Waals surface area contributed by atoms with Gasteiger partial charge in [-0.1, -0.05) is 0 Å². The maximum Gasteiger partial charge on any atom is 0.141 e. The molecule has 2 aliphatic rings. The number of fused-ring (bicyclic) bond motifs is 2. The van der Waals surface area contributed by atoms with E-state index in [9.17, 15) is 4.79 Å². The highest BCUT2D eigenvalue weighted by Crippen LogP contribution is 2.29. The first-order chi connectivity index (χ1) is 4.38. The highest BCUT2D eigenvalue weighted by molar-refractivity contribution is 5.86. The van der Waals surface area contributed by atoms with Gasteiger partial charge >= 0.3 is 0 Å². The molecule has 2 unspecified atom stereocenters. The summed E-state index contributed by atoms with van der Waals surface area (Å²) in [5.74, 6) is 1.28. The standard InChI is InChI=1S/C7H11NO.ClH/c9-7-5-1-2-6(7)4-8-3-5;/h5-6,8H,1-4H2;1H. The van der Waals surface area contributed by atoms with Crippen molar-refractivity contribution >= 4 is 18.2 Å². The van der Waals surface area contributed by atoms with E-state index in [0.29, 0.717) is 17.6 Å². The Kier molecular flexibility index (Phi) is 2.32. The van der Waals surface area contributed by atoms with Crippen LogP contribution in [0, 0.1) is 11.8 Å². The number of nitrogens with one attached hydrogen (secondary N) is 1. The Labute approximate surface area is 66.8 Å². The molecule has 0 aromatic carbocycles. The quantitative estimate of drug-likeness (QED) is 0.564. The Bertz CT molecular complexity index is 131. The molecule has 58 valence electrons. The van der Waals surface area contributed by atoms with Crippen molar-refractivity contribution in [1.29, 1.82) is 0 Å². The molecule has 1 aliphatic heterocycles. The fourth-order valence-electron chi connectivity index (χ4n) is 1.86. The van der Waals surface area contributed by atoms with Crippen LogP contribution in [0.3, 0.4) is 0 Å². The number of rotatable bonds is 0. The lowest BCUT2D eigenvalue weighted by molar-refractivity contribution is -0.124. The van der Waals surface area contributed by atoms with Crippen molar-refractivity contribution < 1.29 is 4.79 Å². The minimum atomic E-state index is 0. The zero-order valence-electron chi connectivity index (χ0n) is 5.80. The van der Waals surface area contributed by atoms with Crippen LogP contribution < -0.4 is 5.32 Å². The molecule has 2 fully saturated rings. The molecule has 1 saturated carbocycles. The van der Waals surface area contributed by atoms with E-state index < -0.39 is 0 Å². The van der Waals surface area contributed by atoms with Crippen molar-refractivity contribution in [2.24, 2.45) is 11.8 Å². The number of carbonyl (C=O) groups is 1. The van der Waals surface area contributed by atoms with Crippen molar-refractivity contribution in [2.45, 2.75) is 12.8 Å². The van der Waals surface area contributed by atoms with Gasteiger partial charge in [0.1, 0.15) is 5.78 Å². The van der Waals surface area contributed by atoms with Crippen molar-refractivity contribution in [2.75, 3.05) is 13.1 Å². The molecule has 1 aliphatic carbocycles. The smallest absolute Gasteiger partial charge is 0.141 e. The lowest BCUT2D eigenvalue weighted by Crippen LogP contribution is -2.38. The molecule has 2 rings (SSSR count). The first-order valence-corrected chi connectivity index (χ1v) is 3.62. The van der Waals surface area contributed by atoms with E-state index in [1.54, 1.807) is 0 Å². The molecular formula is C7H12ClNO. The third-order valence-electron chi connectivity index (χ3n) is 2.45. The minimum Gasteiger partial charge on any atom is -0.315 e. The second-order valence-corrected chi connectivity index (χ2v) is 3.03. The van der Waals surface area contributed by atoms with Crippen LogP contribution in [0.15, 0.2) is 0 Å². The second-order valence-electron chi connectivity index (χ2n) is 3.03. The van der Waals surface area contributed by atoms with Gasteiger partial charge in [0, 0.05) is 24.9 Å². The summed E-state index contributed by atoms with van der Waals surface area (Å²) < 4.78 is 0. The summed E-state index contributed by atoms with van der Waals surface area (Å²) in [5, 5.41) is 3.26. The normalized spacial score (nSPS) is 37.4. The van der Waals surface area contributed by atoms with E-state index in [4.69, 9.17) is 0 Å². The number of hydrogen-bond donors (Lipinski definition) is 1. The topological polar surface area (TPSA) is 29.1 Å². The van der Waals surface area contributed by atoms with Crippen molar-refractivity contribution in [3.05, 3.63) is 0 Å². The van der Waals surface area contributed by atoms with Crippen molar-refractivity contribution in [3.63, 3.8) is 0 Å². The van der Waals surface area contributed by atoms with E-state index in [1.165, 1.54) is 0 Å². The molecule has 0 spiro atoms. The number of Topliss-reactive ketones (excluding diaryl/α,β-unsaturated/α-hetero) is 1. The summed E-state index contributed by atoms with van der Waals surface area (Å²) >= 11 is 0. The summed E-state index contributed by atoms with van der Waals surface area (Å²) in [5.41, 5.74) is 0. The lowest BCUT2D eigenvalue weighted by atomic mass is 9.99. The molecule has 2 atom stereocenters. The predicted molar refractivity (Wildman–Crippen MR) is 41.3 cm³/mol. The van der Waals surface area contributed by atoms with Crippen molar-refractivity contribution in [1.82, 2.24) is 5.32 Å². The van der Waals surface area contributed by atoms with Crippen LogP contribution in [0.5, 0.6) is 0 Å². The van der Waals surface area contributed by atoms with Gasteiger partial charge in [0.05, 0.1) is 0 Å². The van der Waals surface area contributed by atoms with Crippen LogP contribution in [0.1, 0.15) is 12.8 Å². The lowest BCUT2D eigenvalue weighted by Gasteiger charge is -2.17. The largest absolute Gasteiger partial charge is 0.315 e. The maximum atomic E-state index is 11.1. The minimum absolute atomic E-state index is 0. The monoisotopic (exact) mass is 161 g/mol. The Morgan fingerprint density at radius 1 is 1.20 bits per heavy atom. The number of carbonyl (C=O) groups excluding carboxylic acids is 1. The molecule has 1 N–H and O–H groups in total. The Morgan fingerprint density at radius 2 is 1.70 bits per heavy atom. The Morgan fingerprint density at radius 3 is 2.10 bits per heavy atom. The molecule has 1 saturated heterocycles. The third kappa shape index (κ3) is 1.06. The molecule has 0 aromatic heterocycles. The van der Waals surface area contributed by atoms with Gasteiger partial charge in [0.2, 0.25) is 0 Å². The molecule has 0 amide bonds. The average Bonchev–Trinajstić information content (AvgIpc) is 2.19. The maximum absolute atomic E-state index is 11.1. The summed E-state index contributed by atoms with van der Waals surface area (Å²) in [6.45, 7) is 1.88. The van der Waals surface area contributed by atoms with Gasteiger partial charge in [-0.2, -0.15) is 0 Å². The van der Waals surface area contributed by atoms with E-state index >= 15 is 0 Å². The molecule has 0 aromatic rings. The average molecular weight is 162 g/mol. The fourth-order valence-corrected chi connectivity index (χ4v) is 1.86. The van der Waals surface area contributed by atoms with Gasteiger partial charge in [-0.25, -0.2) is 0 Å². The molecular weight excluding hydrogens is 150 g/mol. The first kappa shape index (κ1) is 8.02. The summed E-state index contributed by atoms with van der Waals surface area (Å²) in [6.07, 6.45) is 2.27. The SMILES string of the molecule is Cl.O=C1C2CCC1CNC2. The van der Waals surface area contributed by atoms with Crippen molar-refractivity contribution in [3.8, 4) is 0 Å². The molecule has 0 radical (unpaired) electrons. The molecule has 2 bridgehead atoms. The number of halogens is 1. The number of ketones is 1. The van der Waals surface area contributed by atoms with Gasteiger partial charge in [-0.15, -0.1) is 12.4 Å². The van der Waals surface area contributed by atoms with Gasteiger partial charge in [0.25, 0.3) is 0 Å². The van der Waals surface area contributed by atoms with Gasteiger partial charge in [-0.3, -0.25) is 4.79 Å². The third-order valence-corrected chi connectivity index (χ3v) is 2.45. The number of hydrogen-bond acceptors (Lipinski definition) is 2. The van der Waals surface area contributed by atoms with E-state index in [2.05, 4.69) is 5.32 Å². The molecule has 1 heterocycles. The van der Waals surface area contributed by atoms with Crippen LogP contribution in [-0.2, 0) is 4.79 Å². The Hall–Kier alpha value is -0.0800. The van der Waals surface area contributed by atoms with Gasteiger partial charge in [-0.05, 0) is 12.8 Å². The van der Waals surface area contributed by atoms with Gasteiger partial charge < -0.3 is 5.32 Å². The Balaban J connectivity index is 0.000000500. The molecule has 2 nitrogen and oxygen atoms in total. The second kappa shape index (κ2) is 2.89. The highest BCUT2D eigenvalue weighted by atomic mass is 35.5. The van der Waals surface area contributed by atoms with Crippen LogP contribution in [0.25, 0.3) is 0 Å². The fraction of sp³-hybridized carbons (Fsp3) is 0.857. The van der Waals surface area contributed by atoms with Crippen LogP contribution in [0.2, 0.25) is 0 Å². The number of piperidine rings is 1. The highest BCUT2D eigenvalue weighted by Gasteiger charge is 2.36. The predicted octanol–water partition coefficient (Wildman–Crippen LogP) is 0.607. The molecule has 3 heteroatoms. The van der Waals surface area contributed by atoms with Crippen LogP contribution in [-0.4, -0.2) is 18.9 Å². The molecule has 10 heavy (non-hydrogen) atoms. The summed E-state index contributed by atoms with van der Waals surface area (Å²) in [7, 11) is 0. The van der Waals surface area contributed by atoms with Crippen LogP contribution >= 0.6 is 12.4 Å². The zero-order chi connectivity index (χ0) is 6.27. The zero-order valence-corrected chi connectivity index (χ0v) is 6.62. The van der Waals surface area contributed by atoms with Gasteiger partial charge in [0.15, 0.2) is 0 Å². The summed E-state index contributed by atoms with van der Waals surface area (Å²) in [4.78, 5) is 11.1. The van der Waals surface area contributed by atoms with Crippen LogP contribution in [0.4, 0.5) is 0 Å². The van der Waals surface area contributed by atoms with E-state index in [0.717, 1.165) is 25.9 Å².